The van der Waals surface area contributed by atoms with Gasteiger partial charge < -0.3 is 10.3 Å². The summed E-state index contributed by atoms with van der Waals surface area (Å²) in [6.07, 6.45) is 4.62. The van der Waals surface area contributed by atoms with Gasteiger partial charge in [0.15, 0.2) is 0 Å². The number of aromatic nitrogens is 3. The van der Waals surface area contributed by atoms with Gasteiger partial charge >= 0.3 is 0 Å². The largest absolute Gasteiger partial charge is 0.325 e. The van der Waals surface area contributed by atoms with E-state index < -0.39 is 0 Å². The van der Waals surface area contributed by atoms with Crippen molar-refractivity contribution in [3.63, 3.8) is 0 Å². The van der Waals surface area contributed by atoms with E-state index in [2.05, 4.69) is 14.8 Å². The Hall–Kier alpha value is -0.900. The van der Waals surface area contributed by atoms with E-state index in [0.717, 1.165) is 24.6 Å². The second-order valence-electron chi connectivity index (χ2n) is 4.74. The molecule has 0 aromatic carbocycles. The summed E-state index contributed by atoms with van der Waals surface area (Å²) in [7, 11) is 0. The molecular weight excluding hydrogens is 176 g/mol. The fourth-order valence-corrected chi connectivity index (χ4v) is 2.52. The Kier molecular flexibility index (Phi) is 1.54. The zero-order chi connectivity index (χ0) is 9.76. The second-order valence-corrected chi connectivity index (χ2v) is 4.74. The number of aryl methyl sites for hydroxylation is 1. The number of rotatable bonds is 1. The van der Waals surface area contributed by atoms with Gasteiger partial charge in [-0.25, -0.2) is 0 Å². The summed E-state index contributed by atoms with van der Waals surface area (Å²) in [5.41, 5.74) is 6.37. The molecule has 2 N–H and O–H groups in total. The second kappa shape index (κ2) is 2.57. The summed E-state index contributed by atoms with van der Waals surface area (Å²) in [6.45, 7) is 3.07. The Bertz CT molecular complexity index is 364. The van der Waals surface area contributed by atoms with Crippen molar-refractivity contribution in [1.29, 1.82) is 0 Å². The van der Waals surface area contributed by atoms with E-state index in [1.54, 1.807) is 0 Å². The zero-order valence-corrected chi connectivity index (χ0v) is 8.53. The van der Waals surface area contributed by atoms with E-state index in [9.17, 15) is 0 Å². The lowest BCUT2D eigenvalue weighted by Crippen LogP contribution is -2.37. The molecule has 76 valence electrons. The molecule has 1 saturated carbocycles. The van der Waals surface area contributed by atoms with Gasteiger partial charge in [-0.05, 0) is 32.1 Å². The van der Waals surface area contributed by atoms with Crippen LogP contribution in [0.25, 0.3) is 0 Å². The smallest absolute Gasteiger partial charge is 0.133 e. The van der Waals surface area contributed by atoms with Crippen molar-refractivity contribution >= 4 is 0 Å². The van der Waals surface area contributed by atoms with Crippen molar-refractivity contribution in [2.45, 2.75) is 44.7 Å². The van der Waals surface area contributed by atoms with Crippen LogP contribution in [0.15, 0.2) is 0 Å². The molecule has 3 rings (SSSR count). The van der Waals surface area contributed by atoms with Crippen LogP contribution < -0.4 is 5.73 Å². The summed E-state index contributed by atoms with van der Waals surface area (Å²) < 4.78 is 2.22. The van der Waals surface area contributed by atoms with Gasteiger partial charge in [0, 0.05) is 18.5 Å². The van der Waals surface area contributed by atoms with E-state index in [4.69, 9.17) is 5.73 Å². The minimum Gasteiger partial charge on any atom is -0.325 e. The summed E-state index contributed by atoms with van der Waals surface area (Å²) in [5.74, 6) is 2.81. The first-order valence-corrected chi connectivity index (χ1v) is 5.37. The van der Waals surface area contributed by atoms with Crippen molar-refractivity contribution in [1.82, 2.24) is 14.8 Å². The van der Waals surface area contributed by atoms with Crippen molar-refractivity contribution < 1.29 is 0 Å². The van der Waals surface area contributed by atoms with Crippen LogP contribution >= 0.6 is 0 Å². The maximum atomic E-state index is 6.23. The van der Waals surface area contributed by atoms with Gasteiger partial charge in [0.05, 0.1) is 0 Å². The first-order valence-electron chi connectivity index (χ1n) is 5.37. The number of nitrogens with zero attached hydrogens (tertiary/aromatic N) is 3. The van der Waals surface area contributed by atoms with Crippen LogP contribution in [0, 0.1) is 12.8 Å². The third kappa shape index (κ3) is 1.10. The lowest BCUT2D eigenvalue weighted by molar-refractivity contribution is 0.309. The molecule has 1 atom stereocenters. The molecule has 1 aromatic heterocycles. The monoisotopic (exact) mass is 192 g/mol. The fraction of sp³-hybridized carbons (Fsp3) is 0.800. The van der Waals surface area contributed by atoms with E-state index in [0.29, 0.717) is 5.92 Å². The van der Waals surface area contributed by atoms with Gasteiger partial charge in [0.1, 0.15) is 11.6 Å². The molecule has 0 spiro atoms. The van der Waals surface area contributed by atoms with Crippen LogP contribution in [0.2, 0.25) is 0 Å². The third-order valence-corrected chi connectivity index (χ3v) is 3.78. The molecule has 0 saturated heterocycles. The molecule has 1 aliphatic heterocycles. The molecule has 1 unspecified atom stereocenters. The van der Waals surface area contributed by atoms with E-state index in [-0.39, 0.29) is 5.54 Å². The fourth-order valence-electron chi connectivity index (χ4n) is 2.52. The SMILES string of the molecule is Cc1nnc2n1CCC(C1(N)CC1)C2. The van der Waals surface area contributed by atoms with Crippen molar-refractivity contribution in [2.75, 3.05) is 0 Å². The van der Waals surface area contributed by atoms with Crippen LogP contribution in [-0.4, -0.2) is 20.3 Å². The Morgan fingerprint density at radius 1 is 1.43 bits per heavy atom. The Morgan fingerprint density at radius 3 is 2.93 bits per heavy atom. The van der Waals surface area contributed by atoms with Gasteiger partial charge in [-0.15, -0.1) is 10.2 Å². The predicted molar refractivity (Wildman–Crippen MR) is 52.7 cm³/mol. The maximum Gasteiger partial charge on any atom is 0.133 e. The van der Waals surface area contributed by atoms with Crippen molar-refractivity contribution in [3.8, 4) is 0 Å². The molecule has 2 heterocycles. The zero-order valence-electron chi connectivity index (χ0n) is 8.53. The molecule has 0 bridgehead atoms. The highest BCUT2D eigenvalue weighted by Crippen LogP contribution is 2.44. The van der Waals surface area contributed by atoms with Gasteiger partial charge in [0.25, 0.3) is 0 Å². The number of fused-ring (bicyclic) bond motifs is 1. The van der Waals surface area contributed by atoms with Crippen molar-refractivity contribution in [2.24, 2.45) is 11.7 Å². The summed E-state index contributed by atoms with van der Waals surface area (Å²) in [4.78, 5) is 0. The van der Waals surface area contributed by atoms with Gasteiger partial charge in [-0.3, -0.25) is 0 Å². The van der Waals surface area contributed by atoms with Gasteiger partial charge in [0.2, 0.25) is 0 Å². The highest BCUT2D eigenvalue weighted by Gasteiger charge is 2.46. The Balaban J connectivity index is 1.87. The summed E-state index contributed by atoms with van der Waals surface area (Å²) in [5, 5.41) is 8.31. The average Bonchev–Trinajstić information content (AvgIpc) is 2.84. The normalized spacial score (nSPS) is 28.6. The summed E-state index contributed by atoms with van der Waals surface area (Å²) in [6, 6.07) is 0. The molecule has 0 radical (unpaired) electrons. The minimum absolute atomic E-state index is 0.144. The average molecular weight is 192 g/mol. The molecular formula is C10H16N4. The maximum absolute atomic E-state index is 6.23. The topological polar surface area (TPSA) is 56.7 Å². The van der Waals surface area contributed by atoms with E-state index in [1.807, 2.05) is 6.92 Å². The predicted octanol–water partition coefficient (Wildman–Crippen LogP) is 0.640. The molecule has 1 aliphatic carbocycles. The number of nitrogens with two attached hydrogens (primary N) is 1. The highest BCUT2D eigenvalue weighted by molar-refractivity contribution is 5.10. The quantitative estimate of drug-likeness (QED) is 0.710. The molecule has 4 nitrogen and oxygen atoms in total. The Labute approximate surface area is 83.5 Å². The van der Waals surface area contributed by atoms with Crippen LogP contribution in [-0.2, 0) is 13.0 Å². The third-order valence-electron chi connectivity index (χ3n) is 3.78. The van der Waals surface area contributed by atoms with Crippen LogP contribution in [0.1, 0.15) is 30.9 Å². The molecule has 1 fully saturated rings. The van der Waals surface area contributed by atoms with E-state index >= 15 is 0 Å². The van der Waals surface area contributed by atoms with Crippen molar-refractivity contribution in [3.05, 3.63) is 11.6 Å². The van der Waals surface area contributed by atoms with Gasteiger partial charge in [-0.2, -0.15) is 0 Å². The van der Waals surface area contributed by atoms with Crippen LogP contribution in [0.3, 0.4) is 0 Å². The van der Waals surface area contributed by atoms with E-state index in [1.165, 1.54) is 19.3 Å². The lowest BCUT2D eigenvalue weighted by atomic mass is 9.88. The van der Waals surface area contributed by atoms with Gasteiger partial charge in [-0.1, -0.05) is 0 Å². The highest BCUT2D eigenvalue weighted by atomic mass is 15.3. The molecule has 4 heteroatoms. The molecule has 14 heavy (non-hydrogen) atoms. The number of hydrogen-bond acceptors (Lipinski definition) is 3. The van der Waals surface area contributed by atoms with Crippen LogP contribution in [0.4, 0.5) is 0 Å². The standard InChI is InChI=1S/C10H16N4/c1-7-12-13-9-6-8(2-5-14(7)9)10(11)3-4-10/h8H,2-6,11H2,1H3. The van der Waals surface area contributed by atoms with Crippen LogP contribution in [0.5, 0.6) is 0 Å². The lowest BCUT2D eigenvalue weighted by Gasteiger charge is -2.28. The first-order chi connectivity index (χ1) is 6.69. The first kappa shape index (κ1) is 8.41. The Morgan fingerprint density at radius 2 is 2.21 bits per heavy atom. The molecule has 0 amide bonds. The summed E-state index contributed by atoms with van der Waals surface area (Å²) >= 11 is 0. The minimum atomic E-state index is 0.144. The molecule has 2 aliphatic rings. The number of hydrogen-bond donors (Lipinski definition) is 1. The molecule has 1 aromatic rings.